The molecular weight excluding hydrogens is 412 g/mol. The maximum absolute atomic E-state index is 11.8. The highest BCUT2D eigenvalue weighted by atomic mass is 32.2. The molecule has 0 aliphatic carbocycles. The lowest BCUT2D eigenvalue weighted by atomic mass is 10.0. The quantitative estimate of drug-likeness (QED) is 0.629. The third kappa shape index (κ3) is 4.27. The Balaban J connectivity index is 1.38. The third-order valence-electron chi connectivity index (χ3n) is 5.62. The molecule has 2 aliphatic heterocycles. The highest BCUT2D eigenvalue weighted by molar-refractivity contribution is 8.18. The van der Waals surface area contributed by atoms with E-state index < -0.39 is 5.91 Å². The number of rotatable bonds is 4. The predicted octanol–water partition coefficient (Wildman–Crippen LogP) is 3.57. The van der Waals surface area contributed by atoms with Crippen LogP contribution in [0.1, 0.15) is 11.3 Å². The van der Waals surface area contributed by atoms with E-state index in [1.807, 2.05) is 6.07 Å². The molecule has 8 heteroatoms. The van der Waals surface area contributed by atoms with Gasteiger partial charge in [0.2, 0.25) is 0 Å². The Kier molecular flexibility index (Phi) is 5.35. The van der Waals surface area contributed by atoms with Crippen molar-refractivity contribution in [1.82, 2.24) is 20.1 Å². The van der Waals surface area contributed by atoms with Gasteiger partial charge in [0.05, 0.1) is 4.91 Å². The Morgan fingerprint density at radius 1 is 1.13 bits per heavy atom. The van der Waals surface area contributed by atoms with Crippen LogP contribution in [-0.2, 0) is 11.3 Å². The van der Waals surface area contributed by atoms with Crippen LogP contribution in [0.3, 0.4) is 0 Å². The molecule has 0 spiro atoms. The van der Waals surface area contributed by atoms with Gasteiger partial charge in [-0.15, -0.1) is 0 Å². The lowest BCUT2D eigenvalue weighted by molar-refractivity contribution is -0.115. The fourth-order valence-corrected chi connectivity index (χ4v) is 4.53. The number of fused-ring (bicyclic) bond motifs is 1. The number of nitrogens with one attached hydrogen (secondary N) is 1. The topological polar surface area (TPSA) is 78.7 Å². The van der Waals surface area contributed by atoms with Crippen LogP contribution in [0.15, 0.2) is 52.0 Å². The van der Waals surface area contributed by atoms with Gasteiger partial charge < -0.3 is 9.32 Å². The summed E-state index contributed by atoms with van der Waals surface area (Å²) in [6.45, 7) is 5.35. The summed E-state index contributed by atoms with van der Waals surface area (Å²) in [4.78, 5) is 32.7. The van der Waals surface area contributed by atoms with Gasteiger partial charge in [0.25, 0.3) is 11.1 Å². The van der Waals surface area contributed by atoms with E-state index in [0.29, 0.717) is 16.2 Å². The number of pyridine rings is 1. The second-order valence-corrected chi connectivity index (χ2v) is 8.90. The van der Waals surface area contributed by atoms with Crippen LogP contribution in [-0.4, -0.2) is 59.2 Å². The molecule has 0 bridgehead atoms. The number of carbonyl (C=O) groups excluding carboxylic acids is 2. The first-order valence-electron chi connectivity index (χ1n) is 10.2. The van der Waals surface area contributed by atoms with Gasteiger partial charge in [0.15, 0.2) is 0 Å². The van der Waals surface area contributed by atoms with Crippen molar-refractivity contribution in [3.8, 4) is 11.1 Å². The largest absolute Gasteiger partial charge is 0.456 e. The lowest BCUT2D eigenvalue weighted by Gasteiger charge is -2.32. The van der Waals surface area contributed by atoms with E-state index in [-0.39, 0.29) is 5.24 Å². The number of nitrogens with zero attached hydrogens (tertiary/aromatic N) is 3. The van der Waals surface area contributed by atoms with Crippen molar-refractivity contribution in [2.24, 2.45) is 0 Å². The van der Waals surface area contributed by atoms with Gasteiger partial charge in [-0.2, -0.15) is 0 Å². The van der Waals surface area contributed by atoms with E-state index in [1.165, 1.54) is 5.56 Å². The zero-order valence-corrected chi connectivity index (χ0v) is 17.9. The number of aromatic nitrogens is 1. The van der Waals surface area contributed by atoms with E-state index in [0.717, 1.165) is 61.0 Å². The van der Waals surface area contributed by atoms with Crippen LogP contribution in [0, 0.1) is 0 Å². The molecule has 2 aliphatic rings. The molecule has 7 nitrogen and oxygen atoms in total. The van der Waals surface area contributed by atoms with Crippen LogP contribution >= 0.6 is 11.8 Å². The Bertz CT molecular complexity index is 1180. The fourth-order valence-electron chi connectivity index (χ4n) is 3.86. The Labute approximate surface area is 184 Å². The first kappa shape index (κ1) is 20.0. The molecule has 158 valence electrons. The minimum Gasteiger partial charge on any atom is -0.456 e. The number of imide groups is 1. The van der Waals surface area contributed by atoms with Crippen LogP contribution in [0.2, 0.25) is 0 Å². The minimum atomic E-state index is -0.398. The summed E-state index contributed by atoms with van der Waals surface area (Å²) >= 11 is 0.874. The SMILES string of the molecule is CN1CCN(Cc2ccc(-c3cncc4cc(/C=C5/SC(=O)NC5=O)oc34)cc2)CC1. The van der Waals surface area contributed by atoms with Crippen LogP contribution < -0.4 is 5.32 Å². The summed E-state index contributed by atoms with van der Waals surface area (Å²) in [6.07, 6.45) is 5.12. The molecule has 0 radical (unpaired) electrons. The van der Waals surface area contributed by atoms with Crippen LogP contribution in [0.4, 0.5) is 4.79 Å². The van der Waals surface area contributed by atoms with Gasteiger partial charge in [0.1, 0.15) is 11.3 Å². The zero-order valence-electron chi connectivity index (χ0n) is 17.1. The highest BCUT2D eigenvalue weighted by Crippen LogP contribution is 2.33. The van der Waals surface area contributed by atoms with E-state index in [9.17, 15) is 9.59 Å². The number of furan rings is 1. The van der Waals surface area contributed by atoms with Crippen molar-refractivity contribution < 1.29 is 14.0 Å². The van der Waals surface area contributed by atoms with E-state index in [2.05, 4.69) is 51.4 Å². The van der Waals surface area contributed by atoms with Gasteiger partial charge in [0, 0.05) is 62.1 Å². The summed E-state index contributed by atoms with van der Waals surface area (Å²) in [5.41, 5.74) is 3.92. The third-order valence-corrected chi connectivity index (χ3v) is 6.43. The molecule has 2 amide bonds. The second-order valence-electron chi connectivity index (χ2n) is 7.88. The molecule has 1 N–H and O–H groups in total. The van der Waals surface area contributed by atoms with Crippen molar-refractivity contribution in [3.63, 3.8) is 0 Å². The maximum atomic E-state index is 11.8. The first-order valence-corrected chi connectivity index (χ1v) is 11.0. The van der Waals surface area contributed by atoms with Gasteiger partial charge in [-0.1, -0.05) is 24.3 Å². The summed E-state index contributed by atoms with van der Waals surface area (Å²) in [6, 6.07) is 10.3. The number of hydrogen-bond acceptors (Lipinski definition) is 7. The van der Waals surface area contributed by atoms with E-state index in [4.69, 9.17) is 4.42 Å². The Morgan fingerprint density at radius 2 is 1.90 bits per heavy atom. The molecule has 2 aromatic heterocycles. The summed E-state index contributed by atoms with van der Waals surface area (Å²) in [5.74, 6) is 0.119. The Morgan fingerprint density at radius 3 is 2.61 bits per heavy atom. The fraction of sp³-hybridized carbons (Fsp3) is 0.261. The van der Waals surface area contributed by atoms with E-state index in [1.54, 1.807) is 18.5 Å². The van der Waals surface area contributed by atoms with Crippen molar-refractivity contribution in [2.45, 2.75) is 6.54 Å². The number of hydrogen-bond donors (Lipinski definition) is 1. The smallest absolute Gasteiger partial charge is 0.290 e. The number of likely N-dealkylation sites (N-methyl/N-ethyl adjacent to an activating group) is 1. The normalized spacial score (nSPS) is 19.5. The molecule has 0 atom stereocenters. The minimum absolute atomic E-state index is 0.326. The molecule has 1 aromatic carbocycles. The lowest BCUT2D eigenvalue weighted by Crippen LogP contribution is -2.43. The average molecular weight is 435 g/mol. The molecule has 0 saturated carbocycles. The number of carbonyl (C=O) groups is 2. The number of piperazine rings is 1. The molecule has 0 unspecified atom stereocenters. The van der Waals surface area contributed by atoms with Crippen LogP contribution in [0.5, 0.6) is 0 Å². The maximum Gasteiger partial charge on any atom is 0.290 e. The summed E-state index contributed by atoms with van der Waals surface area (Å²) in [5, 5.41) is 2.73. The van der Waals surface area contributed by atoms with Crippen molar-refractivity contribution in [1.29, 1.82) is 0 Å². The molecule has 5 rings (SSSR count). The predicted molar refractivity (Wildman–Crippen MR) is 121 cm³/mol. The Hall–Kier alpha value is -2.94. The van der Waals surface area contributed by atoms with Gasteiger partial charge in [-0.3, -0.25) is 24.8 Å². The van der Waals surface area contributed by atoms with Crippen molar-refractivity contribution in [3.05, 3.63) is 59.0 Å². The van der Waals surface area contributed by atoms with Crippen LogP contribution in [0.25, 0.3) is 28.2 Å². The molecule has 3 aromatic rings. The van der Waals surface area contributed by atoms with Gasteiger partial charge in [-0.05, 0) is 36.0 Å². The highest BCUT2D eigenvalue weighted by Gasteiger charge is 2.25. The molecular formula is C23H22N4O3S. The number of thioether (sulfide) groups is 1. The first-order chi connectivity index (χ1) is 15.0. The summed E-state index contributed by atoms with van der Waals surface area (Å²) < 4.78 is 6.03. The standard InChI is InChI=1S/C23H22N4O3S/c1-26-6-8-27(9-7-26)14-15-2-4-16(5-3-15)19-13-24-12-17-10-18(30-21(17)19)11-20-22(28)25-23(29)31-20/h2-5,10-13H,6-9,14H2,1H3,(H,25,28,29)/b20-11+. The van der Waals surface area contributed by atoms with Gasteiger partial charge in [-0.25, -0.2) is 0 Å². The molecule has 4 heterocycles. The zero-order chi connectivity index (χ0) is 21.4. The van der Waals surface area contributed by atoms with Crippen molar-refractivity contribution >= 4 is 40.0 Å². The molecule has 31 heavy (non-hydrogen) atoms. The number of amides is 2. The van der Waals surface area contributed by atoms with Gasteiger partial charge >= 0.3 is 0 Å². The monoisotopic (exact) mass is 434 g/mol. The van der Waals surface area contributed by atoms with E-state index >= 15 is 0 Å². The average Bonchev–Trinajstić information content (AvgIpc) is 3.32. The second kappa shape index (κ2) is 8.30. The number of benzene rings is 1. The van der Waals surface area contributed by atoms with Crippen molar-refractivity contribution in [2.75, 3.05) is 33.2 Å². The molecule has 2 saturated heterocycles. The molecule has 2 fully saturated rings. The summed E-state index contributed by atoms with van der Waals surface area (Å²) in [7, 11) is 2.16.